The number of hydrogen-bond donors (Lipinski definition) is 3. The fourth-order valence-corrected chi connectivity index (χ4v) is 2.98. The summed E-state index contributed by atoms with van der Waals surface area (Å²) in [7, 11) is 0. The molecule has 0 radical (unpaired) electrons. The number of rotatable bonds is 4. The van der Waals surface area contributed by atoms with Gasteiger partial charge in [-0.15, -0.1) is 0 Å². The molecule has 0 aliphatic heterocycles. The van der Waals surface area contributed by atoms with Gasteiger partial charge in [-0.05, 0) is 25.1 Å². The predicted molar refractivity (Wildman–Crippen MR) is 104 cm³/mol. The van der Waals surface area contributed by atoms with Crippen molar-refractivity contribution in [1.29, 1.82) is 0 Å². The minimum absolute atomic E-state index is 0.252. The fraction of sp³-hybridized carbons (Fsp3) is 0.105. The maximum Gasteiger partial charge on any atom is 0.282 e. The average Bonchev–Trinajstić information content (AvgIpc) is 2.72. The second kappa shape index (κ2) is 7.80. The van der Waals surface area contributed by atoms with Crippen LogP contribution in [-0.4, -0.2) is 26.4 Å². The van der Waals surface area contributed by atoms with Crippen LogP contribution in [0.4, 0.5) is 5.69 Å². The molecular formula is C19H16N4O6. The Morgan fingerprint density at radius 3 is 2.38 bits per heavy atom. The van der Waals surface area contributed by atoms with Crippen LogP contribution in [0.15, 0.2) is 53.3 Å². The molecule has 0 saturated heterocycles. The number of hydrazine groups is 1. The molecule has 1 aromatic heterocycles. The van der Waals surface area contributed by atoms with Crippen LogP contribution in [-0.2, 0) is 6.54 Å². The zero-order chi connectivity index (χ0) is 21.1. The van der Waals surface area contributed by atoms with Gasteiger partial charge in [-0.25, -0.2) is 0 Å². The van der Waals surface area contributed by atoms with Crippen molar-refractivity contribution in [3.63, 3.8) is 0 Å². The molecule has 0 bridgehead atoms. The highest BCUT2D eigenvalue weighted by Gasteiger charge is 2.24. The van der Waals surface area contributed by atoms with E-state index in [1.54, 1.807) is 31.2 Å². The molecule has 3 aromatic rings. The molecular weight excluding hydrogens is 380 g/mol. The van der Waals surface area contributed by atoms with Crippen LogP contribution in [0, 0.1) is 10.1 Å². The maximum absolute atomic E-state index is 12.7. The summed E-state index contributed by atoms with van der Waals surface area (Å²) in [6, 6.07) is 11.7. The lowest BCUT2D eigenvalue weighted by molar-refractivity contribution is -0.385. The number of carbonyl (C=O) groups is 2. The second-order valence-corrected chi connectivity index (χ2v) is 5.97. The third-order valence-corrected chi connectivity index (χ3v) is 4.32. The quantitative estimate of drug-likeness (QED) is 0.452. The standard InChI is InChI=1S/C19H16N4O6/c1-2-22-13-9-5-3-7-11(13)16(24)15(19(22)27)18(26)21-20-17(25)12-8-4-6-10-14(12)23(28)29/h3-10,24H,2H2,1H3,(H,20,25)(H,21,26). The van der Waals surface area contributed by atoms with E-state index in [1.807, 2.05) is 10.9 Å². The Morgan fingerprint density at radius 1 is 1.07 bits per heavy atom. The molecule has 0 aliphatic carbocycles. The van der Waals surface area contributed by atoms with Crippen LogP contribution in [0.3, 0.4) is 0 Å². The van der Waals surface area contributed by atoms with Gasteiger partial charge in [-0.1, -0.05) is 24.3 Å². The number of nitro benzene ring substituents is 1. The SMILES string of the molecule is CCn1c(=O)c(C(=O)NNC(=O)c2ccccc2[N+](=O)[O-])c(O)c2ccccc21. The van der Waals surface area contributed by atoms with E-state index in [4.69, 9.17) is 0 Å². The van der Waals surface area contributed by atoms with Gasteiger partial charge in [0.2, 0.25) is 0 Å². The van der Waals surface area contributed by atoms with Crippen molar-refractivity contribution in [3.8, 4) is 5.75 Å². The van der Waals surface area contributed by atoms with E-state index in [-0.39, 0.29) is 12.1 Å². The van der Waals surface area contributed by atoms with Gasteiger partial charge in [0.15, 0.2) is 0 Å². The van der Waals surface area contributed by atoms with Crippen LogP contribution in [0.5, 0.6) is 5.75 Å². The molecule has 0 unspecified atom stereocenters. The van der Waals surface area contributed by atoms with Gasteiger partial charge in [-0.3, -0.25) is 35.3 Å². The van der Waals surface area contributed by atoms with E-state index in [1.165, 1.54) is 22.8 Å². The Morgan fingerprint density at radius 2 is 1.69 bits per heavy atom. The molecule has 10 heteroatoms. The fourth-order valence-electron chi connectivity index (χ4n) is 2.98. The molecule has 3 N–H and O–H groups in total. The van der Waals surface area contributed by atoms with Gasteiger partial charge in [0.1, 0.15) is 16.9 Å². The smallest absolute Gasteiger partial charge is 0.282 e. The Labute approximate surface area is 163 Å². The number of fused-ring (bicyclic) bond motifs is 1. The Kier molecular flexibility index (Phi) is 5.26. The highest BCUT2D eigenvalue weighted by Crippen LogP contribution is 2.26. The molecule has 1 heterocycles. The first kappa shape index (κ1) is 19.5. The van der Waals surface area contributed by atoms with Crippen molar-refractivity contribution in [1.82, 2.24) is 15.4 Å². The Balaban J connectivity index is 1.93. The van der Waals surface area contributed by atoms with Crippen molar-refractivity contribution in [2.24, 2.45) is 0 Å². The van der Waals surface area contributed by atoms with Crippen molar-refractivity contribution >= 4 is 28.4 Å². The predicted octanol–water partition coefficient (Wildman–Crippen LogP) is 1.71. The monoisotopic (exact) mass is 396 g/mol. The number of para-hydroxylation sites is 2. The van der Waals surface area contributed by atoms with Gasteiger partial charge in [0.05, 0.1) is 10.4 Å². The number of aryl methyl sites for hydroxylation is 1. The first-order valence-electron chi connectivity index (χ1n) is 8.55. The molecule has 148 valence electrons. The number of benzene rings is 2. The van der Waals surface area contributed by atoms with Gasteiger partial charge < -0.3 is 9.67 Å². The van der Waals surface area contributed by atoms with E-state index < -0.39 is 39.3 Å². The minimum atomic E-state index is -1.05. The van der Waals surface area contributed by atoms with Crippen LogP contribution in [0.2, 0.25) is 0 Å². The summed E-state index contributed by atoms with van der Waals surface area (Å²) < 4.78 is 1.31. The lowest BCUT2D eigenvalue weighted by Crippen LogP contribution is -2.44. The topological polar surface area (TPSA) is 144 Å². The number of hydrogen-bond acceptors (Lipinski definition) is 6. The van der Waals surface area contributed by atoms with Gasteiger partial charge >= 0.3 is 0 Å². The average molecular weight is 396 g/mol. The number of nitrogens with zero attached hydrogens (tertiary/aromatic N) is 2. The van der Waals surface area contributed by atoms with E-state index in [2.05, 4.69) is 0 Å². The highest BCUT2D eigenvalue weighted by molar-refractivity contribution is 6.04. The third kappa shape index (κ3) is 3.50. The van der Waals surface area contributed by atoms with Crippen molar-refractivity contribution in [2.45, 2.75) is 13.5 Å². The highest BCUT2D eigenvalue weighted by atomic mass is 16.6. The van der Waals surface area contributed by atoms with Crippen LogP contribution < -0.4 is 16.4 Å². The molecule has 10 nitrogen and oxygen atoms in total. The summed E-state index contributed by atoms with van der Waals surface area (Å²) in [5, 5.41) is 21.8. The molecule has 2 amide bonds. The molecule has 0 spiro atoms. The number of nitrogens with one attached hydrogen (secondary N) is 2. The van der Waals surface area contributed by atoms with Crippen molar-refractivity contribution < 1.29 is 19.6 Å². The van der Waals surface area contributed by atoms with Crippen LogP contribution >= 0.6 is 0 Å². The summed E-state index contributed by atoms with van der Waals surface area (Å²) in [6.45, 7) is 1.96. The van der Waals surface area contributed by atoms with Gasteiger partial charge in [0.25, 0.3) is 23.1 Å². The Hall–Kier alpha value is -4.21. The van der Waals surface area contributed by atoms with Crippen molar-refractivity contribution in [3.05, 3.63) is 80.1 Å². The number of nitro groups is 1. The van der Waals surface area contributed by atoms with E-state index in [9.17, 15) is 29.6 Å². The van der Waals surface area contributed by atoms with Crippen molar-refractivity contribution in [2.75, 3.05) is 0 Å². The first-order chi connectivity index (χ1) is 13.9. The summed E-state index contributed by atoms with van der Waals surface area (Å²) in [5.41, 5.74) is 2.52. The molecule has 3 rings (SSSR count). The maximum atomic E-state index is 12.7. The first-order valence-corrected chi connectivity index (χ1v) is 8.55. The summed E-state index contributed by atoms with van der Waals surface area (Å²) in [6.07, 6.45) is 0. The van der Waals surface area contributed by atoms with Gasteiger partial charge in [-0.2, -0.15) is 0 Å². The minimum Gasteiger partial charge on any atom is -0.506 e. The number of carbonyl (C=O) groups excluding carboxylic acids is 2. The summed E-state index contributed by atoms with van der Waals surface area (Å²) >= 11 is 0. The van der Waals surface area contributed by atoms with E-state index in [0.29, 0.717) is 10.9 Å². The molecule has 2 aromatic carbocycles. The number of amides is 2. The summed E-state index contributed by atoms with van der Waals surface area (Å²) in [5.74, 6) is -2.51. The second-order valence-electron chi connectivity index (χ2n) is 5.97. The molecule has 0 fully saturated rings. The Bertz CT molecular complexity index is 1200. The normalized spacial score (nSPS) is 10.5. The largest absolute Gasteiger partial charge is 0.506 e. The molecule has 0 atom stereocenters. The van der Waals surface area contributed by atoms with Crippen LogP contribution in [0.25, 0.3) is 10.9 Å². The lowest BCUT2D eigenvalue weighted by Gasteiger charge is -2.14. The van der Waals surface area contributed by atoms with E-state index in [0.717, 1.165) is 6.07 Å². The molecule has 29 heavy (non-hydrogen) atoms. The number of aromatic nitrogens is 1. The number of aromatic hydroxyl groups is 1. The zero-order valence-corrected chi connectivity index (χ0v) is 15.2. The van der Waals surface area contributed by atoms with E-state index >= 15 is 0 Å². The lowest BCUT2D eigenvalue weighted by atomic mass is 10.1. The third-order valence-electron chi connectivity index (χ3n) is 4.32. The molecule has 0 aliphatic rings. The number of pyridine rings is 1. The summed E-state index contributed by atoms with van der Waals surface area (Å²) in [4.78, 5) is 47.7. The van der Waals surface area contributed by atoms with Crippen LogP contribution in [0.1, 0.15) is 27.6 Å². The zero-order valence-electron chi connectivity index (χ0n) is 15.2. The molecule has 0 saturated carbocycles. The van der Waals surface area contributed by atoms with Gasteiger partial charge in [0, 0.05) is 18.0 Å².